The van der Waals surface area contributed by atoms with Gasteiger partial charge in [0.25, 0.3) is 5.69 Å². The molecule has 0 heterocycles. The van der Waals surface area contributed by atoms with Crippen LogP contribution in [-0.4, -0.2) is 23.9 Å². The predicted molar refractivity (Wildman–Crippen MR) is 61.7 cm³/mol. The summed E-state index contributed by atoms with van der Waals surface area (Å²) in [5, 5.41) is 10.4. The minimum atomic E-state index is -0.401. The van der Waals surface area contributed by atoms with Crippen molar-refractivity contribution < 1.29 is 4.92 Å². The number of nitro groups is 1. The van der Waals surface area contributed by atoms with Crippen LogP contribution in [0, 0.1) is 10.1 Å². The van der Waals surface area contributed by atoms with Crippen LogP contribution in [0.1, 0.15) is 6.92 Å². The summed E-state index contributed by atoms with van der Waals surface area (Å²) in [6.45, 7) is 3.61. The Morgan fingerprint density at radius 2 is 2.00 bits per heavy atom. The van der Waals surface area contributed by atoms with Gasteiger partial charge in [-0.3, -0.25) is 10.1 Å². The largest absolute Gasteiger partial charge is 0.371 e. The Kier molecular flexibility index (Phi) is 4.37. The zero-order valence-corrected chi connectivity index (χ0v) is 9.28. The molecule has 0 aliphatic rings. The first-order valence-electron chi connectivity index (χ1n) is 4.74. The first-order valence-corrected chi connectivity index (χ1v) is 5.28. The van der Waals surface area contributed by atoms with E-state index in [2.05, 4.69) is 4.90 Å². The van der Waals surface area contributed by atoms with Crippen molar-refractivity contribution >= 4 is 23.0 Å². The molecule has 1 aromatic carbocycles. The fourth-order valence-corrected chi connectivity index (χ4v) is 1.56. The third-order valence-corrected chi connectivity index (χ3v) is 2.33. The second kappa shape index (κ2) is 5.56. The minimum Gasteiger partial charge on any atom is -0.371 e. The van der Waals surface area contributed by atoms with Gasteiger partial charge >= 0.3 is 0 Å². The predicted octanol–water partition coefficient (Wildman–Crippen LogP) is 2.66. The lowest BCUT2D eigenvalue weighted by molar-refractivity contribution is -0.384. The van der Waals surface area contributed by atoms with Crippen molar-refractivity contribution in [3.8, 4) is 0 Å². The highest BCUT2D eigenvalue weighted by Crippen LogP contribution is 2.18. The van der Waals surface area contributed by atoms with E-state index in [1.807, 2.05) is 6.92 Å². The number of halogens is 1. The number of nitro benzene ring substituents is 1. The molecule has 15 heavy (non-hydrogen) atoms. The molecule has 0 aliphatic carbocycles. The smallest absolute Gasteiger partial charge is 0.269 e. The summed E-state index contributed by atoms with van der Waals surface area (Å²) in [5.74, 6) is 0.546. The lowest BCUT2D eigenvalue weighted by atomic mass is 10.2. The van der Waals surface area contributed by atoms with Crippen molar-refractivity contribution in [3.63, 3.8) is 0 Å². The molecule has 0 aliphatic heterocycles. The molecule has 0 saturated carbocycles. The third kappa shape index (κ3) is 3.09. The van der Waals surface area contributed by atoms with Gasteiger partial charge in [0.1, 0.15) is 0 Å². The monoisotopic (exact) mass is 228 g/mol. The number of anilines is 1. The molecule has 1 rings (SSSR count). The number of hydrogen-bond acceptors (Lipinski definition) is 3. The molecule has 0 N–H and O–H groups in total. The molecule has 5 heteroatoms. The van der Waals surface area contributed by atoms with E-state index in [0.29, 0.717) is 5.88 Å². The van der Waals surface area contributed by atoms with Crippen LogP contribution in [0.5, 0.6) is 0 Å². The first-order chi connectivity index (χ1) is 7.19. The average Bonchev–Trinajstić information content (AvgIpc) is 2.26. The lowest BCUT2D eigenvalue weighted by Crippen LogP contribution is -2.24. The highest BCUT2D eigenvalue weighted by atomic mass is 35.5. The maximum absolute atomic E-state index is 10.4. The molecule has 0 bridgehead atoms. The molecule has 0 amide bonds. The molecule has 1 aromatic rings. The zero-order valence-electron chi connectivity index (χ0n) is 8.52. The van der Waals surface area contributed by atoms with Gasteiger partial charge < -0.3 is 4.90 Å². The van der Waals surface area contributed by atoms with Crippen molar-refractivity contribution in [1.82, 2.24) is 0 Å². The van der Waals surface area contributed by atoms with Crippen molar-refractivity contribution in [3.05, 3.63) is 34.4 Å². The van der Waals surface area contributed by atoms with Gasteiger partial charge in [-0.25, -0.2) is 0 Å². The normalized spacial score (nSPS) is 10.0. The second-order valence-electron chi connectivity index (χ2n) is 3.04. The van der Waals surface area contributed by atoms with Crippen LogP contribution in [0.3, 0.4) is 0 Å². The first kappa shape index (κ1) is 11.8. The Morgan fingerprint density at radius 3 is 2.40 bits per heavy atom. The van der Waals surface area contributed by atoms with E-state index >= 15 is 0 Å². The van der Waals surface area contributed by atoms with Crippen LogP contribution in [-0.2, 0) is 0 Å². The van der Waals surface area contributed by atoms with Gasteiger partial charge in [0.05, 0.1) is 4.92 Å². The summed E-state index contributed by atoms with van der Waals surface area (Å²) >= 11 is 5.66. The van der Waals surface area contributed by atoms with Crippen molar-refractivity contribution in [1.29, 1.82) is 0 Å². The van der Waals surface area contributed by atoms with Gasteiger partial charge in [0.15, 0.2) is 0 Å². The summed E-state index contributed by atoms with van der Waals surface area (Å²) in [7, 11) is 0. The second-order valence-corrected chi connectivity index (χ2v) is 3.42. The fourth-order valence-electron chi connectivity index (χ4n) is 1.36. The Hall–Kier alpha value is -1.29. The van der Waals surface area contributed by atoms with Gasteiger partial charge in [-0.15, -0.1) is 11.6 Å². The minimum absolute atomic E-state index is 0.112. The van der Waals surface area contributed by atoms with E-state index in [1.165, 1.54) is 12.1 Å². The topological polar surface area (TPSA) is 46.4 Å². The quantitative estimate of drug-likeness (QED) is 0.442. The molecule has 0 radical (unpaired) electrons. The summed E-state index contributed by atoms with van der Waals surface area (Å²) in [4.78, 5) is 12.1. The molecular formula is C10H13ClN2O2. The number of nitrogens with zero attached hydrogens (tertiary/aromatic N) is 2. The maximum Gasteiger partial charge on any atom is 0.269 e. The molecule has 0 saturated heterocycles. The standard InChI is InChI=1S/C10H13ClN2O2/c1-2-12(8-7-11)9-3-5-10(6-4-9)13(14)15/h3-6H,2,7-8H2,1H3. The SMILES string of the molecule is CCN(CCCl)c1ccc([N+](=O)[O-])cc1. The van der Waals surface area contributed by atoms with Gasteiger partial charge in [-0.05, 0) is 19.1 Å². The molecule has 0 atom stereocenters. The van der Waals surface area contributed by atoms with Crippen LogP contribution in [0.4, 0.5) is 11.4 Å². The van der Waals surface area contributed by atoms with E-state index < -0.39 is 4.92 Å². The zero-order chi connectivity index (χ0) is 11.3. The maximum atomic E-state index is 10.4. The fraction of sp³-hybridized carbons (Fsp3) is 0.400. The molecule has 0 unspecified atom stereocenters. The van der Waals surface area contributed by atoms with E-state index in [4.69, 9.17) is 11.6 Å². The van der Waals surface area contributed by atoms with Crippen molar-refractivity contribution in [2.24, 2.45) is 0 Å². The highest BCUT2D eigenvalue weighted by molar-refractivity contribution is 6.18. The van der Waals surface area contributed by atoms with E-state index in [-0.39, 0.29) is 5.69 Å². The van der Waals surface area contributed by atoms with Gasteiger partial charge in [0.2, 0.25) is 0 Å². The average molecular weight is 229 g/mol. The van der Waals surface area contributed by atoms with Crippen molar-refractivity contribution in [2.45, 2.75) is 6.92 Å². The Labute approximate surface area is 93.6 Å². The van der Waals surface area contributed by atoms with E-state index in [9.17, 15) is 10.1 Å². The number of hydrogen-bond donors (Lipinski definition) is 0. The molecule has 0 spiro atoms. The van der Waals surface area contributed by atoms with Gasteiger partial charge in [-0.1, -0.05) is 0 Å². The number of benzene rings is 1. The number of alkyl halides is 1. The molecule has 4 nitrogen and oxygen atoms in total. The Balaban J connectivity index is 2.81. The number of rotatable bonds is 5. The Morgan fingerprint density at radius 1 is 1.40 bits per heavy atom. The summed E-state index contributed by atoms with van der Waals surface area (Å²) in [6.07, 6.45) is 0. The summed E-state index contributed by atoms with van der Waals surface area (Å²) in [5.41, 5.74) is 1.07. The van der Waals surface area contributed by atoms with Gasteiger partial charge in [0, 0.05) is 36.8 Å². The lowest BCUT2D eigenvalue weighted by Gasteiger charge is -2.21. The molecule has 0 aromatic heterocycles. The highest BCUT2D eigenvalue weighted by Gasteiger charge is 2.07. The molecule has 0 fully saturated rings. The molecular weight excluding hydrogens is 216 g/mol. The summed E-state index contributed by atoms with van der Waals surface area (Å²) in [6, 6.07) is 6.50. The van der Waals surface area contributed by atoms with Crippen molar-refractivity contribution in [2.75, 3.05) is 23.9 Å². The van der Waals surface area contributed by atoms with Crippen LogP contribution >= 0.6 is 11.6 Å². The summed E-state index contributed by atoms with van der Waals surface area (Å²) < 4.78 is 0. The third-order valence-electron chi connectivity index (χ3n) is 2.16. The number of non-ortho nitro benzene ring substituents is 1. The van der Waals surface area contributed by atoms with Crippen LogP contribution in [0.25, 0.3) is 0 Å². The van der Waals surface area contributed by atoms with E-state index in [1.54, 1.807) is 12.1 Å². The van der Waals surface area contributed by atoms with Gasteiger partial charge in [-0.2, -0.15) is 0 Å². The molecule has 82 valence electrons. The van der Waals surface area contributed by atoms with E-state index in [0.717, 1.165) is 18.8 Å². The van der Waals surface area contributed by atoms with Crippen LogP contribution < -0.4 is 4.90 Å². The van der Waals surface area contributed by atoms with Crippen LogP contribution in [0.2, 0.25) is 0 Å². The van der Waals surface area contributed by atoms with Crippen LogP contribution in [0.15, 0.2) is 24.3 Å². The Bertz CT molecular complexity index is 327.